The van der Waals surface area contributed by atoms with Gasteiger partial charge in [0, 0.05) is 5.57 Å². The molecule has 0 bridgehead atoms. The van der Waals surface area contributed by atoms with E-state index in [-0.39, 0.29) is 23.0 Å². The van der Waals surface area contributed by atoms with Crippen molar-refractivity contribution in [3.8, 4) is 0 Å². The van der Waals surface area contributed by atoms with Crippen molar-refractivity contribution < 1.29 is 19.6 Å². The molecule has 2 N–H and O–H groups in total. The molecule has 110 valence electrons. The molecule has 0 aliphatic heterocycles. The van der Waals surface area contributed by atoms with Crippen molar-refractivity contribution in [1.82, 2.24) is 15.2 Å². The highest BCUT2D eigenvalue weighted by molar-refractivity contribution is 5.72. The second-order valence-electron chi connectivity index (χ2n) is 3.84. The highest BCUT2D eigenvalue weighted by atomic mass is 16.6. The Kier molecular flexibility index (Phi) is 4.21. The van der Waals surface area contributed by atoms with Crippen LogP contribution in [0.3, 0.4) is 0 Å². The van der Waals surface area contributed by atoms with Gasteiger partial charge in [0.1, 0.15) is 29.8 Å². The van der Waals surface area contributed by atoms with E-state index in [9.17, 15) is 10.1 Å². The fourth-order valence-corrected chi connectivity index (χ4v) is 1.44. The lowest BCUT2D eigenvalue weighted by atomic mass is 10.2. The first-order chi connectivity index (χ1) is 10.1. The summed E-state index contributed by atoms with van der Waals surface area (Å²) in [4.78, 5) is 14.9. The van der Waals surface area contributed by atoms with E-state index in [1.807, 2.05) is 0 Å². The van der Waals surface area contributed by atoms with Crippen LogP contribution in [-0.4, -0.2) is 43.8 Å². The number of hydrogen-bond acceptors (Lipinski definition) is 9. The van der Waals surface area contributed by atoms with E-state index < -0.39 is 24.3 Å². The second kappa shape index (κ2) is 6.07. The summed E-state index contributed by atoms with van der Waals surface area (Å²) in [6.45, 7) is 2.77. The van der Waals surface area contributed by atoms with Crippen LogP contribution >= 0.6 is 0 Å². The average molecular weight is 293 g/mol. The summed E-state index contributed by atoms with van der Waals surface area (Å²) >= 11 is 0. The molecule has 0 aliphatic rings. The highest BCUT2D eigenvalue weighted by Gasteiger charge is 2.16. The first-order valence-corrected chi connectivity index (χ1v) is 5.67. The van der Waals surface area contributed by atoms with Gasteiger partial charge in [-0.3, -0.25) is 15.0 Å². The van der Waals surface area contributed by atoms with Gasteiger partial charge in [0.15, 0.2) is 0 Å². The molecule has 2 aromatic heterocycles. The van der Waals surface area contributed by atoms with Gasteiger partial charge in [0.05, 0.1) is 12.3 Å². The summed E-state index contributed by atoms with van der Waals surface area (Å²) in [7, 11) is 0. The van der Waals surface area contributed by atoms with Crippen LogP contribution in [-0.2, 0) is 0 Å². The lowest BCUT2D eigenvalue weighted by Crippen LogP contribution is -2.27. The molecule has 0 aromatic carbocycles. The Morgan fingerprint density at radius 1 is 1.38 bits per heavy atom. The molecular weight excluding hydrogens is 282 g/mol. The van der Waals surface area contributed by atoms with Crippen LogP contribution in [0.1, 0.15) is 11.5 Å². The van der Waals surface area contributed by atoms with Crippen molar-refractivity contribution in [1.29, 1.82) is 0 Å². The van der Waals surface area contributed by atoms with Gasteiger partial charge in [-0.15, -0.1) is 10.2 Å². The zero-order chi connectivity index (χ0) is 15.4. The predicted octanol–water partition coefficient (Wildman–Crippen LogP) is 0.140. The molecule has 0 radical (unpaired) electrons. The molecule has 2 heterocycles. The lowest BCUT2D eigenvalue weighted by Gasteiger charge is -2.15. The lowest BCUT2D eigenvalue weighted by molar-refractivity contribution is -0.402. The maximum absolute atomic E-state index is 10.5. The SMILES string of the molecule is C=C(c1cnc(N(CO)CO)nn1)c1ccc([N+](=O)[O-])o1. The van der Waals surface area contributed by atoms with Gasteiger partial charge in [0.25, 0.3) is 0 Å². The van der Waals surface area contributed by atoms with E-state index in [1.54, 1.807) is 0 Å². The molecule has 0 unspecified atom stereocenters. The number of nitrogens with zero attached hydrogens (tertiary/aromatic N) is 5. The summed E-state index contributed by atoms with van der Waals surface area (Å²) < 4.78 is 5.00. The quantitative estimate of drug-likeness (QED) is 0.432. The Labute approximate surface area is 118 Å². The number of hydrogen-bond donors (Lipinski definition) is 2. The Balaban J connectivity index is 2.21. The van der Waals surface area contributed by atoms with Crippen LogP contribution in [0.15, 0.2) is 29.3 Å². The predicted molar refractivity (Wildman–Crippen MR) is 70.0 cm³/mol. The molecule has 10 nitrogen and oxygen atoms in total. The van der Waals surface area contributed by atoms with Crippen LogP contribution < -0.4 is 4.90 Å². The van der Waals surface area contributed by atoms with Crippen LogP contribution in [0.4, 0.5) is 11.8 Å². The first-order valence-electron chi connectivity index (χ1n) is 5.67. The van der Waals surface area contributed by atoms with E-state index in [2.05, 4.69) is 21.8 Å². The Bertz CT molecular complexity index is 649. The normalized spacial score (nSPS) is 10.4. The maximum atomic E-state index is 10.5. The molecule has 0 saturated carbocycles. The summed E-state index contributed by atoms with van der Waals surface area (Å²) in [5.41, 5.74) is 0.521. The zero-order valence-electron chi connectivity index (χ0n) is 10.7. The topological polar surface area (TPSA) is 139 Å². The molecule has 0 aliphatic carbocycles. The van der Waals surface area contributed by atoms with E-state index in [1.165, 1.54) is 18.3 Å². The molecule has 0 spiro atoms. The van der Waals surface area contributed by atoms with Gasteiger partial charge in [-0.05, 0) is 6.07 Å². The number of aliphatic hydroxyl groups excluding tert-OH is 2. The minimum atomic E-state index is -0.663. The van der Waals surface area contributed by atoms with Crippen molar-refractivity contribution >= 4 is 17.4 Å². The molecule has 2 rings (SSSR count). The van der Waals surface area contributed by atoms with Crippen molar-refractivity contribution in [2.45, 2.75) is 0 Å². The van der Waals surface area contributed by atoms with Crippen LogP contribution in [0.25, 0.3) is 5.57 Å². The van der Waals surface area contributed by atoms with Crippen LogP contribution in [0, 0.1) is 10.1 Å². The number of furan rings is 1. The summed E-state index contributed by atoms with van der Waals surface area (Å²) in [5.74, 6) is -0.205. The minimum Gasteiger partial charge on any atom is -0.401 e. The summed E-state index contributed by atoms with van der Waals surface area (Å²) in [6, 6.07) is 2.60. The number of nitro groups is 1. The third-order valence-electron chi connectivity index (χ3n) is 2.55. The molecule has 2 aromatic rings. The molecule has 0 saturated heterocycles. The Hall–Kier alpha value is -2.85. The monoisotopic (exact) mass is 293 g/mol. The van der Waals surface area contributed by atoms with Crippen molar-refractivity contribution in [2.24, 2.45) is 0 Å². The second-order valence-corrected chi connectivity index (χ2v) is 3.84. The molecular formula is C11H11N5O5. The largest absolute Gasteiger partial charge is 0.433 e. The third kappa shape index (κ3) is 3.01. The van der Waals surface area contributed by atoms with Gasteiger partial charge in [-0.1, -0.05) is 6.58 Å². The standard InChI is InChI=1S/C11H11N5O5/c1-7(9-2-3-10(21-9)16(19)20)8-4-12-11(14-13-8)15(5-17)6-18/h2-4,17-18H,1,5-6H2. The number of aromatic nitrogens is 3. The maximum Gasteiger partial charge on any atom is 0.433 e. The molecule has 21 heavy (non-hydrogen) atoms. The van der Waals surface area contributed by atoms with E-state index in [0.717, 1.165) is 4.90 Å². The molecule has 0 atom stereocenters. The molecule has 0 amide bonds. The third-order valence-corrected chi connectivity index (χ3v) is 2.55. The first kappa shape index (κ1) is 14.6. The van der Waals surface area contributed by atoms with Gasteiger partial charge in [0.2, 0.25) is 5.95 Å². The van der Waals surface area contributed by atoms with Gasteiger partial charge in [-0.25, -0.2) is 4.98 Å². The Morgan fingerprint density at radius 3 is 2.57 bits per heavy atom. The summed E-state index contributed by atoms with van der Waals surface area (Å²) in [5, 5.41) is 36.0. The average Bonchev–Trinajstić information content (AvgIpc) is 2.98. The zero-order valence-corrected chi connectivity index (χ0v) is 10.7. The van der Waals surface area contributed by atoms with E-state index in [0.29, 0.717) is 0 Å². The van der Waals surface area contributed by atoms with Gasteiger partial charge >= 0.3 is 5.88 Å². The minimum absolute atomic E-state index is 0.0296. The fraction of sp³-hybridized carbons (Fsp3) is 0.182. The van der Waals surface area contributed by atoms with Gasteiger partial charge in [-0.2, -0.15) is 0 Å². The van der Waals surface area contributed by atoms with Crippen molar-refractivity contribution in [3.63, 3.8) is 0 Å². The highest BCUT2D eigenvalue weighted by Crippen LogP contribution is 2.25. The molecule has 10 heteroatoms. The van der Waals surface area contributed by atoms with E-state index in [4.69, 9.17) is 14.6 Å². The summed E-state index contributed by atoms with van der Waals surface area (Å²) in [6.07, 6.45) is 1.30. The number of aliphatic hydroxyl groups is 2. The fourth-order valence-electron chi connectivity index (χ4n) is 1.44. The van der Waals surface area contributed by atoms with Crippen LogP contribution in [0.5, 0.6) is 0 Å². The molecule has 0 fully saturated rings. The van der Waals surface area contributed by atoms with Crippen molar-refractivity contribution in [2.75, 3.05) is 18.4 Å². The van der Waals surface area contributed by atoms with Crippen LogP contribution in [0.2, 0.25) is 0 Å². The Morgan fingerprint density at radius 2 is 2.10 bits per heavy atom. The smallest absolute Gasteiger partial charge is 0.401 e. The van der Waals surface area contributed by atoms with Crippen molar-refractivity contribution in [3.05, 3.63) is 46.5 Å². The number of rotatable bonds is 6. The van der Waals surface area contributed by atoms with E-state index >= 15 is 0 Å². The number of anilines is 1. The van der Waals surface area contributed by atoms with Gasteiger partial charge < -0.3 is 14.6 Å².